The first-order valence-corrected chi connectivity index (χ1v) is 12.7. The highest BCUT2D eigenvalue weighted by Gasteiger charge is 2.44. The molecule has 1 fully saturated rings. The van der Waals surface area contributed by atoms with E-state index in [9.17, 15) is 49.1 Å². The van der Waals surface area contributed by atoms with Gasteiger partial charge in [-0.05, 0) is 29.7 Å². The molecule has 42 heavy (non-hydrogen) atoms. The molecule has 1 saturated carbocycles. The lowest BCUT2D eigenvalue weighted by molar-refractivity contribution is -0.186. The number of amides is 2. The number of aromatic nitrogens is 2. The standard InChI is InChI=1S/C21H20ClF7N6O2.C3H4F2/c22-14-7-12-10-35(18(37)21(27,28)29)6-2-11(12)8-15(14)33-19-32-9-13(20(24,25)26)17(34-19)31-4-1-16(36)30-5-3-23;4-3(5)1-2-3/h7-9H,1-6,10H2,(H,30,36)(H2,31,32,33,34);1-2H2. The summed E-state index contributed by atoms with van der Waals surface area (Å²) in [7, 11) is 0. The molecule has 1 aliphatic heterocycles. The van der Waals surface area contributed by atoms with Crippen LogP contribution in [-0.4, -0.2) is 65.1 Å². The molecule has 0 atom stereocenters. The van der Waals surface area contributed by atoms with Crippen LogP contribution < -0.4 is 16.0 Å². The highest BCUT2D eigenvalue weighted by Crippen LogP contribution is 2.40. The Bertz CT molecular complexity index is 1280. The molecule has 0 spiro atoms. The van der Waals surface area contributed by atoms with Gasteiger partial charge in [-0.25, -0.2) is 18.2 Å². The molecule has 1 aliphatic carbocycles. The molecule has 0 bridgehead atoms. The summed E-state index contributed by atoms with van der Waals surface area (Å²) in [6.45, 7) is -1.72. The van der Waals surface area contributed by atoms with Crippen molar-refractivity contribution in [3.63, 3.8) is 0 Å². The Kier molecular flexibility index (Phi) is 10.4. The van der Waals surface area contributed by atoms with Crippen LogP contribution in [0.5, 0.6) is 0 Å². The summed E-state index contributed by atoms with van der Waals surface area (Å²) < 4.78 is 113. The Morgan fingerprint density at radius 3 is 2.29 bits per heavy atom. The van der Waals surface area contributed by atoms with Gasteiger partial charge in [0.05, 0.1) is 10.7 Å². The normalized spacial score (nSPS) is 15.6. The number of fused-ring (bicyclic) bond motifs is 1. The van der Waals surface area contributed by atoms with Crippen molar-refractivity contribution in [2.45, 2.75) is 50.5 Å². The minimum Gasteiger partial charge on any atom is -0.369 e. The highest BCUT2D eigenvalue weighted by molar-refractivity contribution is 6.33. The Morgan fingerprint density at radius 2 is 1.71 bits per heavy atom. The molecule has 0 radical (unpaired) electrons. The summed E-state index contributed by atoms with van der Waals surface area (Å²) in [5, 5.41) is 7.36. The van der Waals surface area contributed by atoms with E-state index in [1.807, 2.05) is 0 Å². The van der Waals surface area contributed by atoms with Crippen LogP contribution in [0.25, 0.3) is 0 Å². The topological polar surface area (TPSA) is 99.3 Å². The van der Waals surface area contributed by atoms with Gasteiger partial charge in [-0.1, -0.05) is 11.6 Å². The number of rotatable bonds is 8. The van der Waals surface area contributed by atoms with Gasteiger partial charge in [0.15, 0.2) is 0 Å². The molecule has 18 heteroatoms. The van der Waals surface area contributed by atoms with E-state index in [0.29, 0.717) is 22.2 Å². The highest BCUT2D eigenvalue weighted by atomic mass is 35.5. The van der Waals surface area contributed by atoms with E-state index in [4.69, 9.17) is 11.6 Å². The van der Waals surface area contributed by atoms with Crippen LogP contribution in [0.3, 0.4) is 0 Å². The first-order valence-electron chi connectivity index (χ1n) is 12.3. The van der Waals surface area contributed by atoms with Gasteiger partial charge in [0.25, 0.3) is 0 Å². The van der Waals surface area contributed by atoms with Crippen molar-refractivity contribution >= 4 is 40.9 Å². The molecule has 8 nitrogen and oxygen atoms in total. The number of carbonyl (C=O) groups is 2. The van der Waals surface area contributed by atoms with Crippen molar-refractivity contribution in [3.8, 4) is 0 Å². The Morgan fingerprint density at radius 1 is 1.05 bits per heavy atom. The quantitative estimate of drug-likeness (QED) is 0.325. The first-order chi connectivity index (χ1) is 19.5. The van der Waals surface area contributed by atoms with Crippen LogP contribution in [0.15, 0.2) is 18.3 Å². The molecule has 232 valence electrons. The number of carbonyl (C=O) groups excluding carboxylic acids is 2. The Balaban J connectivity index is 0.000000873. The van der Waals surface area contributed by atoms with Crippen molar-refractivity contribution in [1.82, 2.24) is 20.2 Å². The molecule has 0 saturated heterocycles. The third kappa shape index (κ3) is 9.52. The van der Waals surface area contributed by atoms with Crippen molar-refractivity contribution in [2.75, 3.05) is 36.9 Å². The van der Waals surface area contributed by atoms with E-state index in [2.05, 4.69) is 25.9 Å². The van der Waals surface area contributed by atoms with Crippen molar-refractivity contribution in [3.05, 3.63) is 40.0 Å². The first kappa shape index (κ1) is 33.0. The van der Waals surface area contributed by atoms with E-state index >= 15 is 0 Å². The zero-order valence-electron chi connectivity index (χ0n) is 21.5. The average Bonchev–Trinajstić information content (AvgIpc) is 3.60. The second-order valence-corrected chi connectivity index (χ2v) is 9.63. The summed E-state index contributed by atoms with van der Waals surface area (Å²) in [6, 6.07) is 2.85. The predicted molar refractivity (Wildman–Crippen MR) is 133 cm³/mol. The number of alkyl halides is 9. The van der Waals surface area contributed by atoms with Crippen LogP contribution in [0.2, 0.25) is 5.02 Å². The number of anilines is 3. The lowest BCUT2D eigenvalue weighted by Gasteiger charge is -2.30. The van der Waals surface area contributed by atoms with Gasteiger partial charge < -0.3 is 20.9 Å². The molecular weight excluding hydrogens is 611 g/mol. The van der Waals surface area contributed by atoms with Gasteiger partial charge in [0, 0.05) is 51.6 Å². The second-order valence-electron chi connectivity index (χ2n) is 9.23. The maximum Gasteiger partial charge on any atom is 0.471 e. The summed E-state index contributed by atoms with van der Waals surface area (Å²) in [5.41, 5.74) is -0.0238. The molecular formula is C24H24ClF9N6O2. The molecule has 0 unspecified atom stereocenters. The zero-order valence-corrected chi connectivity index (χ0v) is 22.3. The van der Waals surface area contributed by atoms with E-state index in [0.717, 1.165) is 0 Å². The second kappa shape index (κ2) is 13.2. The molecule has 2 aromatic rings. The SMILES string of the molecule is FC1(F)CC1.O=C(CCNc1nc(Nc2cc3c(cc2Cl)CN(C(=O)C(F)(F)F)CC3)ncc1C(F)(F)F)NCCF. The largest absolute Gasteiger partial charge is 0.471 e. The summed E-state index contributed by atoms with van der Waals surface area (Å²) >= 11 is 6.22. The third-order valence-electron chi connectivity index (χ3n) is 5.86. The van der Waals surface area contributed by atoms with Crippen LogP contribution in [0, 0.1) is 0 Å². The van der Waals surface area contributed by atoms with E-state index < -0.39 is 48.1 Å². The molecule has 2 heterocycles. The molecule has 1 aromatic heterocycles. The van der Waals surface area contributed by atoms with Crippen molar-refractivity contribution < 1.29 is 49.1 Å². The number of halogens is 10. The van der Waals surface area contributed by atoms with Gasteiger partial charge in [0.1, 0.15) is 18.1 Å². The maximum absolute atomic E-state index is 13.4. The number of hydrogen-bond acceptors (Lipinski definition) is 6. The van der Waals surface area contributed by atoms with Gasteiger partial charge in [-0.2, -0.15) is 31.3 Å². The summed E-state index contributed by atoms with van der Waals surface area (Å²) in [4.78, 5) is 31.2. The van der Waals surface area contributed by atoms with Gasteiger partial charge >= 0.3 is 18.3 Å². The van der Waals surface area contributed by atoms with Gasteiger partial charge in [-0.15, -0.1) is 0 Å². The predicted octanol–water partition coefficient (Wildman–Crippen LogP) is 5.64. The van der Waals surface area contributed by atoms with E-state index in [1.54, 1.807) is 0 Å². The molecule has 2 aliphatic rings. The summed E-state index contributed by atoms with van der Waals surface area (Å²) in [5.74, 6) is -5.67. The fourth-order valence-electron chi connectivity index (χ4n) is 3.60. The Labute approximate surface area is 238 Å². The smallest absolute Gasteiger partial charge is 0.369 e. The fourth-order valence-corrected chi connectivity index (χ4v) is 3.83. The van der Waals surface area contributed by atoms with Crippen LogP contribution in [-0.2, 0) is 28.7 Å². The van der Waals surface area contributed by atoms with E-state index in [-0.39, 0.29) is 68.5 Å². The Hall–Kier alpha value is -3.50. The minimum atomic E-state index is -5.01. The lowest BCUT2D eigenvalue weighted by Crippen LogP contribution is -2.43. The van der Waals surface area contributed by atoms with Gasteiger partial charge in [-0.3, -0.25) is 9.59 Å². The fraction of sp³-hybridized carbons (Fsp3) is 0.500. The van der Waals surface area contributed by atoms with Crippen LogP contribution in [0.1, 0.15) is 36.0 Å². The number of hydrogen-bond donors (Lipinski definition) is 3. The molecule has 1 aromatic carbocycles. The van der Waals surface area contributed by atoms with Crippen molar-refractivity contribution in [1.29, 1.82) is 0 Å². The maximum atomic E-state index is 13.4. The van der Waals surface area contributed by atoms with E-state index in [1.165, 1.54) is 12.1 Å². The number of nitrogens with zero attached hydrogens (tertiary/aromatic N) is 3. The number of nitrogens with one attached hydrogen (secondary N) is 3. The van der Waals surface area contributed by atoms with Crippen LogP contribution >= 0.6 is 11.6 Å². The zero-order chi connectivity index (χ0) is 31.3. The lowest BCUT2D eigenvalue weighted by atomic mass is 9.99. The molecule has 2 amide bonds. The van der Waals surface area contributed by atoms with Crippen molar-refractivity contribution in [2.24, 2.45) is 0 Å². The monoisotopic (exact) mass is 634 g/mol. The molecule has 4 rings (SSSR count). The molecule has 3 N–H and O–H groups in total. The minimum absolute atomic E-state index is 0.0163. The third-order valence-corrected chi connectivity index (χ3v) is 6.17. The average molecular weight is 635 g/mol. The number of benzene rings is 1. The van der Waals surface area contributed by atoms with Gasteiger partial charge in [0.2, 0.25) is 17.8 Å². The summed E-state index contributed by atoms with van der Waals surface area (Å²) in [6.07, 6.45) is -9.19. The van der Waals surface area contributed by atoms with Crippen LogP contribution in [0.4, 0.5) is 57.0 Å².